The first kappa shape index (κ1) is 26.7. The number of rotatable bonds is 7. The van der Waals surface area contributed by atoms with Crippen molar-refractivity contribution in [2.75, 3.05) is 6.54 Å². The topological polar surface area (TPSA) is 93.1 Å². The van der Waals surface area contributed by atoms with Gasteiger partial charge in [0, 0.05) is 36.8 Å². The first-order valence-corrected chi connectivity index (χ1v) is 12.5. The van der Waals surface area contributed by atoms with Crippen LogP contribution in [0.1, 0.15) is 31.2 Å². The number of benzene rings is 1. The molecule has 1 aliphatic heterocycles. The molecule has 0 amide bonds. The maximum atomic E-state index is 14.9. The molecule has 0 N–H and O–H groups in total. The van der Waals surface area contributed by atoms with Crippen LogP contribution in [0.2, 0.25) is 0 Å². The molecule has 0 radical (unpaired) electrons. The van der Waals surface area contributed by atoms with Gasteiger partial charge in [0.2, 0.25) is 10.0 Å². The SMILES string of the molecule is C[C@@]1(F)C[C@@H](C(=O)CCc2cc(-c3ccc(C(F)(F)F)nc3)ncn2)N(S(=O)(=O)c2ccc(F)cc2)C1. The minimum Gasteiger partial charge on any atom is -0.298 e. The lowest BCUT2D eigenvalue weighted by Gasteiger charge is -2.23. The summed E-state index contributed by atoms with van der Waals surface area (Å²) in [4.78, 5) is 24.3. The van der Waals surface area contributed by atoms with Crippen LogP contribution in [0.4, 0.5) is 22.0 Å². The number of hydrogen-bond acceptors (Lipinski definition) is 6. The van der Waals surface area contributed by atoms with Crippen molar-refractivity contribution in [3.8, 4) is 11.3 Å². The molecule has 3 heterocycles. The number of halogens is 5. The molecule has 3 aromatic rings. The summed E-state index contributed by atoms with van der Waals surface area (Å²) in [5, 5.41) is 0. The fourth-order valence-corrected chi connectivity index (χ4v) is 5.81. The molecule has 1 aromatic carbocycles. The Labute approximate surface area is 209 Å². The van der Waals surface area contributed by atoms with Gasteiger partial charge in [-0.2, -0.15) is 17.5 Å². The van der Waals surface area contributed by atoms with Gasteiger partial charge in [-0.15, -0.1) is 0 Å². The van der Waals surface area contributed by atoms with Crippen molar-refractivity contribution in [1.29, 1.82) is 0 Å². The zero-order valence-corrected chi connectivity index (χ0v) is 20.2. The summed E-state index contributed by atoms with van der Waals surface area (Å²) >= 11 is 0. The van der Waals surface area contributed by atoms with Gasteiger partial charge < -0.3 is 0 Å². The molecular weight excluding hydrogens is 519 g/mol. The molecule has 1 aliphatic rings. The van der Waals surface area contributed by atoms with Crippen molar-refractivity contribution in [3.63, 3.8) is 0 Å². The van der Waals surface area contributed by atoms with E-state index >= 15 is 0 Å². The van der Waals surface area contributed by atoms with Gasteiger partial charge in [0.15, 0.2) is 5.78 Å². The Hall–Kier alpha value is -3.32. The van der Waals surface area contributed by atoms with E-state index in [1.807, 2.05) is 0 Å². The Balaban J connectivity index is 1.49. The van der Waals surface area contributed by atoms with Gasteiger partial charge in [-0.25, -0.2) is 27.2 Å². The van der Waals surface area contributed by atoms with Gasteiger partial charge in [-0.05, 0) is 55.8 Å². The van der Waals surface area contributed by atoms with Crippen LogP contribution in [0.3, 0.4) is 0 Å². The van der Waals surface area contributed by atoms with E-state index in [-0.39, 0.29) is 29.9 Å². The number of sulfonamides is 1. The number of hydrogen-bond donors (Lipinski definition) is 0. The molecule has 0 spiro atoms. The molecule has 1 saturated heterocycles. The lowest BCUT2D eigenvalue weighted by Crippen LogP contribution is -2.41. The van der Waals surface area contributed by atoms with E-state index in [9.17, 15) is 35.2 Å². The molecule has 0 aliphatic carbocycles. The quantitative estimate of drug-likeness (QED) is 0.413. The normalized spacial score (nSPS) is 20.8. The summed E-state index contributed by atoms with van der Waals surface area (Å²) in [5.74, 6) is -1.16. The van der Waals surface area contributed by atoms with Crippen LogP contribution in [-0.4, -0.2) is 51.7 Å². The van der Waals surface area contributed by atoms with E-state index in [0.717, 1.165) is 40.8 Å². The summed E-state index contributed by atoms with van der Waals surface area (Å²) in [7, 11) is -4.27. The molecule has 0 saturated carbocycles. The number of carbonyl (C=O) groups excluding carboxylic acids is 1. The Morgan fingerprint density at radius 3 is 2.43 bits per heavy atom. The van der Waals surface area contributed by atoms with Crippen LogP contribution >= 0.6 is 0 Å². The molecule has 0 bridgehead atoms. The highest BCUT2D eigenvalue weighted by molar-refractivity contribution is 7.89. The second-order valence-corrected chi connectivity index (χ2v) is 10.8. The van der Waals surface area contributed by atoms with Crippen molar-refractivity contribution >= 4 is 15.8 Å². The smallest absolute Gasteiger partial charge is 0.298 e. The summed E-state index contributed by atoms with van der Waals surface area (Å²) in [6.45, 7) is 0.684. The number of alkyl halides is 4. The fourth-order valence-electron chi connectivity index (χ4n) is 4.10. The van der Waals surface area contributed by atoms with Crippen molar-refractivity contribution in [3.05, 3.63) is 72.2 Å². The number of aromatic nitrogens is 3. The summed E-state index contributed by atoms with van der Waals surface area (Å²) in [6.07, 6.45) is -2.81. The number of nitrogens with zero attached hydrogens (tertiary/aromatic N) is 4. The Bertz CT molecular complexity index is 1400. The molecule has 13 heteroatoms. The predicted molar refractivity (Wildman–Crippen MR) is 122 cm³/mol. The summed E-state index contributed by atoms with van der Waals surface area (Å²) < 4.78 is 93.4. The lowest BCUT2D eigenvalue weighted by atomic mass is 9.99. The monoisotopic (exact) mass is 540 g/mol. The number of carbonyl (C=O) groups is 1. The van der Waals surface area contributed by atoms with Gasteiger partial charge in [0.05, 0.1) is 16.6 Å². The van der Waals surface area contributed by atoms with Crippen molar-refractivity contribution in [2.24, 2.45) is 0 Å². The minimum atomic E-state index is -4.58. The Morgan fingerprint density at radius 2 is 1.81 bits per heavy atom. The van der Waals surface area contributed by atoms with Crippen molar-refractivity contribution in [2.45, 2.75) is 49.0 Å². The lowest BCUT2D eigenvalue weighted by molar-refractivity contribution is -0.141. The molecule has 2 atom stereocenters. The van der Waals surface area contributed by atoms with Crippen LogP contribution in [0.5, 0.6) is 0 Å². The first-order valence-electron chi connectivity index (χ1n) is 11.1. The van der Waals surface area contributed by atoms with Crippen LogP contribution < -0.4 is 0 Å². The average molecular weight is 541 g/mol. The number of ketones is 1. The molecule has 196 valence electrons. The third kappa shape index (κ3) is 5.99. The van der Waals surface area contributed by atoms with Crippen LogP contribution in [0.25, 0.3) is 11.3 Å². The van der Waals surface area contributed by atoms with E-state index in [4.69, 9.17) is 0 Å². The maximum absolute atomic E-state index is 14.9. The largest absolute Gasteiger partial charge is 0.433 e. The highest BCUT2D eigenvalue weighted by Crippen LogP contribution is 2.36. The Kier molecular flexibility index (Phi) is 7.12. The third-order valence-corrected chi connectivity index (χ3v) is 7.81. The molecule has 1 fully saturated rings. The minimum absolute atomic E-state index is 0.0619. The summed E-state index contributed by atoms with van der Waals surface area (Å²) in [6, 6.07) is 6.30. The number of pyridine rings is 1. The van der Waals surface area contributed by atoms with E-state index < -0.39 is 51.7 Å². The number of Topliss-reactive ketones (excluding diaryl/α,β-unsaturated/α-hetero) is 1. The van der Waals surface area contributed by atoms with Gasteiger partial charge >= 0.3 is 6.18 Å². The van der Waals surface area contributed by atoms with Gasteiger partial charge in [0.1, 0.15) is 23.5 Å². The summed E-state index contributed by atoms with van der Waals surface area (Å²) in [5.41, 5.74) is -2.01. The fraction of sp³-hybridized carbons (Fsp3) is 0.333. The zero-order valence-electron chi connectivity index (χ0n) is 19.4. The standard InChI is InChI=1S/C24H21F5N4O3S/c1-23(26)11-20(33(13-23)37(35,36)18-6-3-16(25)4-7-18)21(34)8-5-17-10-19(32-14-31-17)15-2-9-22(30-12-15)24(27,28)29/h2-4,6-7,9-10,12,14,20H,5,8,11,13H2,1H3/t20-,23+/m0/s1. The number of aryl methyl sites for hydroxylation is 1. The van der Waals surface area contributed by atoms with Crippen molar-refractivity contribution < 1.29 is 35.2 Å². The van der Waals surface area contributed by atoms with E-state index in [2.05, 4.69) is 15.0 Å². The van der Waals surface area contributed by atoms with E-state index in [1.54, 1.807) is 0 Å². The van der Waals surface area contributed by atoms with Crippen LogP contribution in [-0.2, 0) is 27.4 Å². The molecular formula is C24H21F5N4O3S. The molecule has 37 heavy (non-hydrogen) atoms. The second kappa shape index (κ2) is 9.86. The van der Waals surface area contributed by atoms with Gasteiger partial charge in [-0.1, -0.05) is 0 Å². The van der Waals surface area contributed by atoms with E-state index in [0.29, 0.717) is 11.3 Å². The predicted octanol–water partition coefficient (Wildman–Crippen LogP) is 4.39. The molecule has 7 nitrogen and oxygen atoms in total. The highest BCUT2D eigenvalue weighted by Gasteiger charge is 2.49. The molecule has 0 unspecified atom stereocenters. The van der Waals surface area contributed by atoms with Crippen LogP contribution in [0, 0.1) is 5.82 Å². The van der Waals surface area contributed by atoms with Gasteiger partial charge in [0.25, 0.3) is 0 Å². The van der Waals surface area contributed by atoms with Gasteiger partial charge in [-0.3, -0.25) is 9.78 Å². The highest BCUT2D eigenvalue weighted by atomic mass is 32.2. The molecule has 4 rings (SSSR count). The Morgan fingerprint density at radius 1 is 1.11 bits per heavy atom. The van der Waals surface area contributed by atoms with Crippen molar-refractivity contribution in [1.82, 2.24) is 19.3 Å². The second-order valence-electron chi connectivity index (χ2n) is 8.93. The maximum Gasteiger partial charge on any atom is 0.433 e. The van der Waals surface area contributed by atoms with E-state index in [1.165, 1.54) is 25.4 Å². The zero-order chi connectivity index (χ0) is 27.0. The average Bonchev–Trinajstić information content (AvgIpc) is 3.19. The third-order valence-electron chi connectivity index (χ3n) is 5.94. The molecule has 2 aromatic heterocycles. The first-order chi connectivity index (χ1) is 17.3. The van der Waals surface area contributed by atoms with Crippen LogP contribution in [0.15, 0.2) is 59.9 Å².